The Hall–Kier alpha value is -4.13. The maximum absolute atomic E-state index is 12.7. The number of carbonyl (C=O) groups is 1. The maximum Gasteiger partial charge on any atom is 0.264 e. The fraction of sp³-hybridized carbons (Fsp3) is 0.160. The van der Waals surface area contributed by atoms with Crippen LogP contribution in [0.3, 0.4) is 0 Å². The van der Waals surface area contributed by atoms with Crippen LogP contribution in [0.15, 0.2) is 77.3 Å². The van der Waals surface area contributed by atoms with E-state index in [4.69, 9.17) is 14.0 Å². The van der Waals surface area contributed by atoms with Gasteiger partial charge < -0.3 is 19.3 Å². The van der Waals surface area contributed by atoms with Gasteiger partial charge in [-0.25, -0.2) is 0 Å². The Bertz CT molecular complexity index is 1180. The van der Waals surface area contributed by atoms with Crippen LogP contribution in [0.2, 0.25) is 0 Å². The first-order valence-electron chi connectivity index (χ1n) is 10.1. The number of amides is 1. The Morgan fingerprint density at radius 2 is 1.75 bits per heavy atom. The molecular weight excluding hydrogens is 406 g/mol. The van der Waals surface area contributed by atoms with E-state index >= 15 is 0 Å². The smallest absolute Gasteiger partial charge is 0.264 e. The summed E-state index contributed by atoms with van der Waals surface area (Å²) in [7, 11) is 1.62. The molecule has 162 valence electrons. The molecule has 0 aliphatic rings. The summed E-state index contributed by atoms with van der Waals surface area (Å²) < 4.78 is 16.3. The summed E-state index contributed by atoms with van der Waals surface area (Å²) in [6.45, 7) is 2.46. The van der Waals surface area contributed by atoms with Crippen LogP contribution < -0.4 is 14.8 Å². The van der Waals surface area contributed by atoms with E-state index in [2.05, 4.69) is 15.5 Å². The predicted octanol–water partition coefficient (Wildman–Crippen LogP) is 4.56. The summed E-state index contributed by atoms with van der Waals surface area (Å²) in [6, 6.07) is 22.4. The zero-order valence-electron chi connectivity index (χ0n) is 17.9. The summed E-state index contributed by atoms with van der Waals surface area (Å²) in [5, 5.41) is 6.92. The van der Waals surface area contributed by atoms with Crippen LogP contribution >= 0.6 is 0 Å². The Labute approximate surface area is 186 Å². The second-order valence-corrected chi connectivity index (χ2v) is 7.19. The van der Waals surface area contributed by atoms with Crippen molar-refractivity contribution < 1.29 is 18.8 Å². The fourth-order valence-electron chi connectivity index (χ4n) is 3.07. The van der Waals surface area contributed by atoms with Crippen molar-refractivity contribution in [2.45, 2.75) is 20.1 Å². The molecule has 0 unspecified atom stereocenters. The largest absolute Gasteiger partial charge is 0.497 e. The molecule has 0 aliphatic carbocycles. The standard InChI is InChI=1S/C25H23N3O4/c1-17-7-11-19(12-8-17)24-27-23(32-28-24)16-31-22-6-4-3-5-21(22)25(29)26-15-18-9-13-20(30-2)14-10-18/h3-14H,15-16H2,1-2H3,(H,26,29). The highest BCUT2D eigenvalue weighted by atomic mass is 16.5. The number of rotatable bonds is 8. The molecule has 1 heterocycles. The minimum Gasteiger partial charge on any atom is -0.497 e. The van der Waals surface area contributed by atoms with Gasteiger partial charge in [0.15, 0.2) is 6.61 Å². The molecule has 0 fully saturated rings. The Morgan fingerprint density at radius 3 is 2.50 bits per heavy atom. The Morgan fingerprint density at radius 1 is 1.00 bits per heavy atom. The van der Waals surface area contributed by atoms with Gasteiger partial charge in [-0.2, -0.15) is 4.98 Å². The summed E-state index contributed by atoms with van der Waals surface area (Å²) in [6.07, 6.45) is 0. The van der Waals surface area contributed by atoms with Crippen LogP contribution in [-0.4, -0.2) is 23.2 Å². The highest BCUT2D eigenvalue weighted by Crippen LogP contribution is 2.21. The molecule has 4 aromatic rings. The van der Waals surface area contributed by atoms with Gasteiger partial charge in [0.1, 0.15) is 11.5 Å². The topological polar surface area (TPSA) is 86.5 Å². The fourth-order valence-corrected chi connectivity index (χ4v) is 3.07. The van der Waals surface area contributed by atoms with Crippen LogP contribution in [0.5, 0.6) is 11.5 Å². The second kappa shape index (κ2) is 9.78. The van der Waals surface area contributed by atoms with E-state index in [1.165, 1.54) is 0 Å². The molecule has 0 aliphatic heterocycles. The van der Waals surface area contributed by atoms with Crippen LogP contribution in [0.1, 0.15) is 27.4 Å². The number of methoxy groups -OCH3 is 1. The molecule has 0 spiro atoms. The summed E-state index contributed by atoms with van der Waals surface area (Å²) in [5.41, 5.74) is 3.41. The number of aromatic nitrogens is 2. The van der Waals surface area contributed by atoms with Gasteiger partial charge in [-0.15, -0.1) is 0 Å². The van der Waals surface area contributed by atoms with Crippen molar-refractivity contribution in [2.75, 3.05) is 7.11 Å². The Balaban J connectivity index is 1.38. The van der Waals surface area contributed by atoms with Crippen molar-refractivity contribution in [1.82, 2.24) is 15.5 Å². The molecule has 3 aromatic carbocycles. The van der Waals surface area contributed by atoms with Crippen molar-refractivity contribution in [2.24, 2.45) is 0 Å². The number of hydrogen-bond donors (Lipinski definition) is 1. The first kappa shape index (κ1) is 21.1. The molecule has 7 heteroatoms. The first-order valence-corrected chi connectivity index (χ1v) is 10.1. The van der Waals surface area contributed by atoms with E-state index in [0.717, 1.165) is 22.4 Å². The lowest BCUT2D eigenvalue weighted by Gasteiger charge is -2.11. The lowest BCUT2D eigenvalue weighted by molar-refractivity contribution is 0.0945. The quantitative estimate of drug-likeness (QED) is 0.442. The van der Waals surface area contributed by atoms with E-state index < -0.39 is 0 Å². The molecule has 0 saturated heterocycles. The van der Waals surface area contributed by atoms with Gasteiger partial charge in [0.2, 0.25) is 5.82 Å². The molecule has 32 heavy (non-hydrogen) atoms. The van der Waals surface area contributed by atoms with Crippen molar-refractivity contribution >= 4 is 5.91 Å². The zero-order chi connectivity index (χ0) is 22.3. The molecule has 0 bridgehead atoms. The molecule has 1 aromatic heterocycles. The number of aryl methyl sites for hydroxylation is 1. The van der Waals surface area contributed by atoms with Crippen molar-refractivity contribution in [1.29, 1.82) is 0 Å². The minimum atomic E-state index is -0.234. The molecule has 0 atom stereocenters. The van der Waals surface area contributed by atoms with E-state index in [9.17, 15) is 4.79 Å². The van der Waals surface area contributed by atoms with Gasteiger partial charge in [-0.1, -0.05) is 59.3 Å². The van der Waals surface area contributed by atoms with E-state index in [1.54, 1.807) is 31.4 Å². The predicted molar refractivity (Wildman–Crippen MR) is 119 cm³/mol. The van der Waals surface area contributed by atoms with Gasteiger partial charge in [0, 0.05) is 12.1 Å². The van der Waals surface area contributed by atoms with E-state index in [-0.39, 0.29) is 12.5 Å². The number of benzene rings is 3. The van der Waals surface area contributed by atoms with E-state index in [0.29, 0.717) is 29.6 Å². The molecule has 0 radical (unpaired) electrons. The molecule has 0 saturated carbocycles. The third kappa shape index (κ3) is 5.13. The number of para-hydroxylation sites is 1. The third-order valence-corrected chi connectivity index (χ3v) is 4.87. The molecule has 1 N–H and O–H groups in total. The number of ether oxygens (including phenoxy) is 2. The van der Waals surface area contributed by atoms with Crippen molar-refractivity contribution in [3.05, 3.63) is 95.4 Å². The maximum atomic E-state index is 12.7. The minimum absolute atomic E-state index is 0.0572. The monoisotopic (exact) mass is 429 g/mol. The van der Waals surface area contributed by atoms with Gasteiger partial charge >= 0.3 is 0 Å². The Kier molecular flexibility index (Phi) is 6.46. The number of nitrogens with one attached hydrogen (secondary N) is 1. The van der Waals surface area contributed by atoms with Crippen LogP contribution in [-0.2, 0) is 13.2 Å². The van der Waals surface area contributed by atoms with Gasteiger partial charge in [-0.05, 0) is 36.8 Å². The van der Waals surface area contributed by atoms with Crippen LogP contribution in [0, 0.1) is 6.92 Å². The van der Waals surface area contributed by atoms with Gasteiger partial charge in [-0.3, -0.25) is 4.79 Å². The van der Waals surface area contributed by atoms with Crippen LogP contribution in [0.4, 0.5) is 0 Å². The van der Waals surface area contributed by atoms with E-state index in [1.807, 2.05) is 55.5 Å². The lowest BCUT2D eigenvalue weighted by atomic mass is 10.1. The van der Waals surface area contributed by atoms with Gasteiger partial charge in [0.05, 0.1) is 12.7 Å². The van der Waals surface area contributed by atoms with Gasteiger partial charge in [0.25, 0.3) is 11.8 Å². The van der Waals surface area contributed by atoms with Crippen molar-refractivity contribution in [3.8, 4) is 22.9 Å². The second-order valence-electron chi connectivity index (χ2n) is 7.19. The SMILES string of the molecule is COc1ccc(CNC(=O)c2ccccc2OCc2nc(-c3ccc(C)cc3)no2)cc1. The third-order valence-electron chi connectivity index (χ3n) is 4.87. The zero-order valence-corrected chi connectivity index (χ0v) is 17.9. The molecule has 1 amide bonds. The number of nitrogens with zero attached hydrogens (tertiary/aromatic N) is 2. The lowest BCUT2D eigenvalue weighted by Crippen LogP contribution is -2.23. The number of carbonyl (C=O) groups excluding carboxylic acids is 1. The van der Waals surface area contributed by atoms with Crippen LogP contribution in [0.25, 0.3) is 11.4 Å². The average Bonchev–Trinajstić information content (AvgIpc) is 3.31. The average molecular weight is 429 g/mol. The highest BCUT2D eigenvalue weighted by molar-refractivity contribution is 5.96. The normalized spacial score (nSPS) is 10.6. The molecule has 7 nitrogen and oxygen atoms in total. The molecular formula is C25H23N3O4. The first-order chi connectivity index (χ1) is 15.6. The summed E-state index contributed by atoms with van der Waals surface area (Å²) >= 11 is 0. The molecule has 4 rings (SSSR count). The van der Waals surface area contributed by atoms with Crippen molar-refractivity contribution in [3.63, 3.8) is 0 Å². The summed E-state index contributed by atoms with van der Waals surface area (Å²) in [5.74, 6) is 1.80. The highest BCUT2D eigenvalue weighted by Gasteiger charge is 2.14. The number of hydrogen-bond acceptors (Lipinski definition) is 6. The summed E-state index contributed by atoms with van der Waals surface area (Å²) in [4.78, 5) is 17.1.